The first-order chi connectivity index (χ1) is 8.25. The van der Waals surface area contributed by atoms with E-state index in [4.69, 9.17) is 10.2 Å². The number of halogens is 1. The van der Waals surface area contributed by atoms with Crippen LogP contribution in [0.4, 0.5) is 10.2 Å². The van der Waals surface area contributed by atoms with Gasteiger partial charge in [-0.3, -0.25) is 0 Å². The van der Waals surface area contributed by atoms with Gasteiger partial charge >= 0.3 is 0 Å². The van der Waals surface area contributed by atoms with E-state index in [1.54, 1.807) is 36.5 Å². The van der Waals surface area contributed by atoms with Gasteiger partial charge in [-0.05, 0) is 24.3 Å². The van der Waals surface area contributed by atoms with Crippen molar-refractivity contribution in [1.29, 1.82) is 0 Å². The second-order valence-electron chi connectivity index (χ2n) is 3.71. The molecule has 0 aliphatic carbocycles. The normalized spacial score (nSPS) is 10.9. The highest BCUT2D eigenvalue weighted by molar-refractivity contribution is 5.85. The Bertz CT molecular complexity index is 691. The SMILES string of the molecule is Nc1ncccc1-c1cc2cccc(F)c2o1. The number of rotatable bonds is 1. The molecule has 2 heterocycles. The van der Waals surface area contributed by atoms with Crippen LogP contribution < -0.4 is 5.73 Å². The maximum Gasteiger partial charge on any atom is 0.170 e. The summed E-state index contributed by atoms with van der Waals surface area (Å²) in [4.78, 5) is 3.97. The van der Waals surface area contributed by atoms with Crippen molar-refractivity contribution in [1.82, 2.24) is 4.98 Å². The van der Waals surface area contributed by atoms with Crippen molar-refractivity contribution >= 4 is 16.8 Å². The summed E-state index contributed by atoms with van der Waals surface area (Å²) in [6.07, 6.45) is 1.60. The number of benzene rings is 1. The fraction of sp³-hybridized carbons (Fsp3) is 0. The smallest absolute Gasteiger partial charge is 0.170 e. The monoisotopic (exact) mass is 228 g/mol. The fourth-order valence-electron chi connectivity index (χ4n) is 1.79. The van der Waals surface area contributed by atoms with Crippen LogP contribution in [0.2, 0.25) is 0 Å². The van der Waals surface area contributed by atoms with Gasteiger partial charge in [-0.15, -0.1) is 0 Å². The Hall–Kier alpha value is -2.36. The number of hydrogen-bond acceptors (Lipinski definition) is 3. The molecule has 2 aromatic heterocycles. The van der Waals surface area contributed by atoms with Gasteiger partial charge in [0.15, 0.2) is 11.4 Å². The number of nitrogens with zero attached hydrogens (tertiary/aromatic N) is 1. The van der Waals surface area contributed by atoms with Crippen molar-refractivity contribution in [3.05, 3.63) is 48.4 Å². The molecule has 0 radical (unpaired) electrons. The number of nitrogens with two attached hydrogens (primary N) is 1. The number of furan rings is 1. The lowest BCUT2D eigenvalue weighted by molar-refractivity contribution is 0.569. The molecule has 0 atom stereocenters. The predicted molar refractivity (Wildman–Crippen MR) is 63.8 cm³/mol. The molecule has 0 fully saturated rings. The first-order valence-corrected chi connectivity index (χ1v) is 5.14. The van der Waals surface area contributed by atoms with Gasteiger partial charge in [-0.2, -0.15) is 0 Å². The highest BCUT2D eigenvalue weighted by Crippen LogP contribution is 2.31. The minimum absolute atomic E-state index is 0.241. The van der Waals surface area contributed by atoms with Crippen LogP contribution >= 0.6 is 0 Å². The first-order valence-electron chi connectivity index (χ1n) is 5.14. The molecule has 1 aromatic carbocycles. The van der Waals surface area contributed by atoms with Crippen molar-refractivity contribution in [3.8, 4) is 11.3 Å². The molecule has 3 rings (SSSR count). The Morgan fingerprint density at radius 2 is 2.06 bits per heavy atom. The van der Waals surface area contributed by atoms with Crippen molar-refractivity contribution in [2.24, 2.45) is 0 Å². The number of para-hydroxylation sites is 1. The van der Waals surface area contributed by atoms with E-state index in [0.29, 0.717) is 22.5 Å². The molecule has 0 unspecified atom stereocenters. The average Bonchev–Trinajstić information content (AvgIpc) is 2.75. The summed E-state index contributed by atoms with van der Waals surface area (Å²) >= 11 is 0. The van der Waals surface area contributed by atoms with Gasteiger partial charge in [0.2, 0.25) is 0 Å². The Labute approximate surface area is 96.7 Å². The van der Waals surface area contributed by atoms with Crippen LogP contribution in [-0.4, -0.2) is 4.98 Å². The second kappa shape index (κ2) is 3.59. The van der Waals surface area contributed by atoms with Crippen LogP contribution in [0.1, 0.15) is 0 Å². The molecule has 3 aromatic rings. The van der Waals surface area contributed by atoms with Crippen LogP contribution in [0.25, 0.3) is 22.3 Å². The van der Waals surface area contributed by atoms with Crippen molar-refractivity contribution in [2.75, 3.05) is 5.73 Å². The fourth-order valence-corrected chi connectivity index (χ4v) is 1.79. The largest absolute Gasteiger partial charge is 0.453 e. The summed E-state index contributed by atoms with van der Waals surface area (Å²) in [5.41, 5.74) is 6.66. The second-order valence-corrected chi connectivity index (χ2v) is 3.71. The van der Waals surface area contributed by atoms with E-state index in [2.05, 4.69) is 4.98 Å². The summed E-state index contributed by atoms with van der Waals surface area (Å²) < 4.78 is 18.9. The van der Waals surface area contributed by atoms with Gasteiger partial charge in [-0.1, -0.05) is 12.1 Å². The van der Waals surface area contributed by atoms with Crippen LogP contribution in [0.5, 0.6) is 0 Å². The molecule has 2 N–H and O–H groups in total. The highest BCUT2D eigenvalue weighted by Gasteiger charge is 2.11. The number of hydrogen-bond donors (Lipinski definition) is 1. The number of pyridine rings is 1. The van der Waals surface area contributed by atoms with Gasteiger partial charge in [0.05, 0.1) is 5.56 Å². The zero-order valence-electron chi connectivity index (χ0n) is 8.85. The molecule has 4 heteroatoms. The Morgan fingerprint density at radius 1 is 1.18 bits per heavy atom. The highest BCUT2D eigenvalue weighted by atomic mass is 19.1. The third kappa shape index (κ3) is 1.54. The quantitative estimate of drug-likeness (QED) is 0.695. The van der Waals surface area contributed by atoms with Crippen molar-refractivity contribution in [3.63, 3.8) is 0 Å². The molecule has 84 valence electrons. The number of aromatic nitrogens is 1. The molecule has 3 nitrogen and oxygen atoms in total. The predicted octanol–water partition coefficient (Wildman–Crippen LogP) is 3.22. The summed E-state index contributed by atoms with van der Waals surface area (Å²) in [5, 5.41) is 0.711. The maximum atomic E-state index is 13.5. The van der Waals surface area contributed by atoms with E-state index < -0.39 is 0 Å². The van der Waals surface area contributed by atoms with Crippen LogP contribution in [0.15, 0.2) is 47.0 Å². The molecule has 17 heavy (non-hydrogen) atoms. The van der Waals surface area contributed by atoms with Crippen molar-refractivity contribution < 1.29 is 8.81 Å². The zero-order chi connectivity index (χ0) is 11.8. The number of fused-ring (bicyclic) bond motifs is 1. The first kappa shape index (κ1) is 9.84. The van der Waals surface area contributed by atoms with E-state index in [9.17, 15) is 4.39 Å². The minimum Gasteiger partial charge on any atom is -0.453 e. The summed E-state index contributed by atoms with van der Waals surface area (Å²) in [5.74, 6) is 0.513. The van der Waals surface area contributed by atoms with E-state index in [1.807, 2.05) is 0 Å². The number of nitrogen functional groups attached to an aromatic ring is 1. The van der Waals surface area contributed by atoms with Gasteiger partial charge in [0.1, 0.15) is 11.6 Å². The average molecular weight is 228 g/mol. The molecule has 0 aliphatic heterocycles. The summed E-state index contributed by atoms with van der Waals surface area (Å²) in [7, 11) is 0. The van der Waals surface area contributed by atoms with Gasteiger partial charge in [-0.25, -0.2) is 9.37 Å². The Balaban J connectivity index is 2.26. The zero-order valence-corrected chi connectivity index (χ0v) is 8.85. The lowest BCUT2D eigenvalue weighted by Crippen LogP contribution is -1.91. The minimum atomic E-state index is -0.379. The standard InChI is InChI=1S/C13H9FN2O/c14-10-5-1-3-8-7-11(17-12(8)10)9-4-2-6-16-13(9)15/h1-7H,(H2,15,16). The molecular formula is C13H9FN2O. The Kier molecular flexibility index (Phi) is 2.08. The van der Waals surface area contributed by atoms with E-state index >= 15 is 0 Å². The topological polar surface area (TPSA) is 52.0 Å². The lowest BCUT2D eigenvalue weighted by Gasteiger charge is -1.99. The molecule has 0 saturated heterocycles. The Morgan fingerprint density at radius 3 is 2.82 bits per heavy atom. The van der Waals surface area contributed by atoms with Crippen molar-refractivity contribution in [2.45, 2.75) is 0 Å². The number of anilines is 1. The van der Waals surface area contributed by atoms with Crippen LogP contribution in [0.3, 0.4) is 0 Å². The van der Waals surface area contributed by atoms with Gasteiger partial charge in [0, 0.05) is 11.6 Å². The summed E-state index contributed by atoms with van der Waals surface area (Å²) in [6.45, 7) is 0. The molecule has 0 aliphatic rings. The molecule has 0 saturated carbocycles. The molecule has 0 amide bonds. The van der Waals surface area contributed by atoms with E-state index in [1.165, 1.54) is 6.07 Å². The van der Waals surface area contributed by atoms with Gasteiger partial charge < -0.3 is 10.2 Å². The third-order valence-electron chi connectivity index (χ3n) is 2.60. The van der Waals surface area contributed by atoms with E-state index in [-0.39, 0.29) is 11.4 Å². The van der Waals surface area contributed by atoms with Gasteiger partial charge in [0.25, 0.3) is 0 Å². The third-order valence-corrected chi connectivity index (χ3v) is 2.60. The maximum absolute atomic E-state index is 13.5. The summed E-state index contributed by atoms with van der Waals surface area (Å²) in [6, 6.07) is 10.1. The molecule has 0 bridgehead atoms. The lowest BCUT2D eigenvalue weighted by atomic mass is 10.2. The van der Waals surface area contributed by atoms with Crippen LogP contribution in [0, 0.1) is 5.82 Å². The molecular weight excluding hydrogens is 219 g/mol. The van der Waals surface area contributed by atoms with E-state index in [0.717, 1.165) is 0 Å². The van der Waals surface area contributed by atoms with Crippen LogP contribution in [-0.2, 0) is 0 Å². The molecule has 0 spiro atoms.